The molecule has 4 aromatic rings. The monoisotopic (exact) mass is 955 g/mol. The van der Waals surface area contributed by atoms with Gasteiger partial charge < -0.3 is 10.2 Å². The van der Waals surface area contributed by atoms with Crippen LogP contribution in [0.15, 0.2) is 102 Å². The summed E-state index contributed by atoms with van der Waals surface area (Å²) in [5, 5.41) is 22.8. The molecule has 7 heteroatoms. The molecule has 4 rings (SSSR count). The summed E-state index contributed by atoms with van der Waals surface area (Å²) in [4.78, 5) is 1.33. The van der Waals surface area contributed by atoms with Gasteiger partial charge in [-0.25, -0.2) is 0 Å². The molecule has 0 radical (unpaired) electrons. The van der Waals surface area contributed by atoms with E-state index in [0.717, 1.165) is 39.1 Å². The van der Waals surface area contributed by atoms with E-state index < -0.39 is 12.2 Å². The summed E-state index contributed by atoms with van der Waals surface area (Å²) in [6, 6.07) is 35.3. The first-order valence-corrected chi connectivity index (χ1v) is 28.6. The lowest BCUT2D eigenvalue weighted by atomic mass is 10.00. The molecule has 0 saturated heterocycles. The maximum atomic E-state index is 9.30. The predicted octanol–water partition coefficient (Wildman–Crippen LogP) is 17.7. The fraction of sp³-hybridized carbons (Fsp3) is 0.571. The van der Waals surface area contributed by atoms with E-state index in [1.807, 2.05) is 42.2 Å². The third-order valence-electron chi connectivity index (χ3n) is 9.39. The number of aliphatic hydroxyl groups excluding tert-OH is 2. The van der Waals surface area contributed by atoms with Crippen molar-refractivity contribution < 1.29 is 10.2 Å². The van der Waals surface area contributed by atoms with Gasteiger partial charge in [-0.05, 0) is 104 Å². The number of hydrogen-bond donors (Lipinski definition) is 2. The Hall–Kier alpha value is -1.45. The normalized spacial score (nSPS) is 12.5. The van der Waals surface area contributed by atoms with Gasteiger partial charge in [0.2, 0.25) is 0 Å². The van der Waals surface area contributed by atoms with Gasteiger partial charge >= 0.3 is 0 Å². The Balaban J connectivity index is 0.000000826. The highest BCUT2D eigenvalue weighted by atomic mass is 32.2. The van der Waals surface area contributed by atoms with Crippen LogP contribution in [0.2, 0.25) is 0 Å². The van der Waals surface area contributed by atoms with Crippen molar-refractivity contribution in [2.45, 2.75) is 191 Å². The molecule has 3 unspecified atom stereocenters. The van der Waals surface area contributed by atoms with Crippen LogP contribution in [0.1, 0.15) is 140 Å². The van der Waals surface area contributed by atoms with Gasteiger partial charge in [0, 0.05) is 26.9 Å². The van der Waals surface area contributed by atoms with E-state index in [0.29, 0.717) is 22.7 Å². The summed E-state index contributed by atoms with van der Waals surface area (Å²) < 4.78 is 0. The van der Waals surface area contributed by atoms with E-state index in [2.05, 4.69) is 220 Å². The fourth-order valence-electron chi connectivity index (χ4n) is 5.35. The van der Waals surface area contributed by atoms with Crippen LogP contribution in [0.25, 0.3) is 22.3 Å². The second-order valence-corrected chi connectivity index (χ2v) is 26.1. The molecule has 2 N–H and O–H groups in total. The number of benzene rings is 4. The van der Waals surface area contributed by atoms with Crippen LogP contribution >= 0.6 is 58.8 Å². The van der Waals surface area contributed by atoms with Crippen molar-refractivity contribution in [1.82, 2.24) is 0 Å². The summed E-state index contributed by atoms with van der Waals surface area (Å²) in [6.45, 7) is 37.3. The van der Waals surface area contributed by atoms with Crippen molar-refractivity contribution in [3.8, 4) is 22.3 Å². The number of rotatable bonds is 19. The third kappa shape index (κ3) is 32.0. The lowest BCUT2D eigenvalue weighted by Gasteiger charge is -2.16. The van der Waals surface area contributed by atoms with E-state index in [-0.39, 0.29) is 0 Å². The molecule has 0 fully saturated rings. The lowest BCUT2D eigenvalue weighted by Crippen LogP contribution is -2.27. The molecule has 0 aromatic heterocycles. The van der Waals surface area contributed by atoms with Crippen LogP contribution in [-0.2, 0) is 12.2 Å². The highest BCUT2D eigenvalue weighted by Gasteiger charge is 2.14. The molecule has 63 heavy (non-hydrogen) atoms. The van der Waals surface area contributed by atoms with Gasteiger partial charge in [0.05, 0.1) is 12.2 Å². The molecule has 0 bridgehead atoms. The third-order valence-corrected chi connectivity index (χ3v) is 15.6. The summed E-state index contributed by atoms with van der Waals surface area (Å²) in [5.41, 5.74) is 9.24. The number of aryl methyl sites for hydroxylation is 2. The summed E-state index contributed by atoms with van der Waals surface area (Å²) in [5.74, 6) is 3.91. The average molecular weight is 956 g/mol. The van der Waals surface area contributed by atoms with Crippen LogP contribution in [-0.4, -0.2) is 65.4 Å². The van der Waals surface area contributed by atoms with Gasteiger partial charge in [-0.3, -0.25) is 0 Å². The Kier molecular flexibility index (Phi) is 35.8. The summed E-state index contributed by atoms with van der Waals surface area (Å²) in [7, 11) is 0. The Morgan fingerprint density at radius 2 is 0.889 bits per heavy atom. The highest BCUT2D eigenvalue weighted by Crippen LogP contribution is 2.29. The van der Waals surface area contributed by atoms with Crippen LogP contribution < -0.4 is 0 Å². The molecule has 0 aliphatic carbocycles. The number of aliphatic hydroxyl groups is 2. The van der Waals surface area contributed by atoms with Crippen molar-refractivity contribution in [3.05, 3.63) is 114 Å². The SMILES string of the molecule is CC(C)SC(C)C(C)C.CCC(O)C(O)CSC(C)C.CCCSC(C)C.CCc1ccc(CSC(C)C)cc1.Cc1ccc(-c2ccc(-c3ccc(SC(C)C)cc3)cc2)cc1. The molecule has 2 nitrogen and oxygen atoms in total. The molecule has 0 spiro atoms. The van der Waals surface area contributed by atoms with Gasteiger partial charge in [-0.15, -0.1) is 11.8 Å². The van der Waals surface area contributed by atoms with Crippen LogP contribution in [0.4, 0.5) is 0 Å². The first kappa shape index (κ1) is 61.5. The topological polar surface area (TPSA) is 40.5 Å². The largest absolute Gasteiger partial charge is 0.390 e. The van der Waals surface area contributed by atoms with E-state index in [4.69, 9.17) is 0 Å². The first-order chi connectivity index (χ1) is 29.7. The van der Waals surface area contributed by atoms with Gasteiger partial charge in [0.25, 0.3) is 0 Å². The van der Waals surface area contributed by atoms with E-state index in [1.165, 1.54) is 56.0 Å². The maximum Gasteiger partial charge on any atom is 0.0889 e. The Bertz CT molecular complexity index is 1630. The molecule has 0 heterocycles. The van der Waals surface area contributed by atoms with E-state index in [1.54, 1.807) is 11.8 Å². The van der Waals surface area contributed by atoms with Crippen LogP contribution in [0.5, 0.6) is 0 Å². The van der Waals surface area contributed by atoms with E-state index >= 15 is 0 Å². The minimum atomic E-state index is -0.563. The van der Waals surface area contributed by atoms with Crippen molar-refractivity contribution in [1.29, 1.82) is 0 Å². The molecule has 356 valence electrons. The van der Waals surface area contributed by atoms with Crippen molar-refractivity contribution in [2.75, 3.05) is 11.5 Å². The smallest absolute Gasteiger partial charge is 0.0889 e. The molecule has 0 saturated carbocycles. The van der Waals surface area contributed by atoms with Gasteiger partial charge in [0.1, 0.15) is 0 Å². The number of hydrogen-bond acceptors (Lipinski definition) is 7. The molecule has 3 atom stereocenters. The summed E-state index contributed by atoms with van der Waals surface area (Å²) >= 11 is 9.67. The summed E-state index contributed by atoms with van der Waals surface area (Å²) in [6.07, 6.45) is 1.95. The van der Waals surface area contributed by atoms with Crippen molar-refractivity contribution in [2.24, 2.45) is 5.92 Å². The van der Waals surface area contributed by atoms with Crippen molar-refractivity contribution >= 4 is 58.8 Å². The lowest BCUT2D eigenvalue weighted by molar-refractivity contribution is 0.0323. The molecule has 0 amide bonds. The molecular formula is C56H90O2S5. The van der Waals surface area contributed by atoms with Gasteiger partial charge in [0.15, 0.2) is 0 Å². The zero-order valence-corrected chi connectivity index (χ0v) is 46.7. The standard InChI is InChI=1S/C22H22S.C12H18S.C8H18O2S.C8H18S.C6H14S/c1-16(2)23-22-14-12-21(13-15-22)20-10-8-19(9-11-20)18-6-4-17(3)5-7-18;1-4-11-5-7-12(8-6-11)9-13-10(2)3;1-4-7(9)8(10)5-11-6(2)3;1-6(2)8(5)9-7(3)4;1-4-5-7-6(2)3/h4-16H,1-3H3;5-8,10H,4,9H2,1-3H3;6-10H,4-5H2,1-3H3;6-8H,1-5H3;6H,4-5H2,1-3H3. The number of thioether (sulfide) groups is 5. The van der Waals surface area contributed by atoms with E-state index in [9.17, 15) is 10.2 Å². The zero-order chi connectivity index (χ0) is 47.9. The molecule has 0 aliphatic heterocycles. The quantitative estimate of drug-likeness (QED) is 0.0908. The Morgan fingerprint density at radius 1 is 0.460 bits per heavy atom. The maximum absolute atomic E-state index is 9.30. The minimum absolute atomic E-state index is 0.522. The second-order valence-electron chi connectivity index (χ2n) is 17.6. The minimum Gasteiger partial charge on any atom is -0.390 e. The van der Waals surface area contributed by atoms with Crippen molar-refractivity contribution in [3.63, 3.8) is 0 Å². The molecular weight excluding hydrogens is 865 g/mol. The second kappa shape index (κ2) is 36.6. The molecule has 4 aromatic carbocycles. The van der Waals surface area contributed by atoms with Crippen LogP contribution in [0.3, 0.4) is 0 Å². The van der Waals surface area contributed by atoms with Gasteiger partial charge in [-0.1, -0.05) is 201 Å². The Morgan fingerprint density at radius 3 is 1.22 bits per heavy atom. The van der Waals surface area contributed by atoms with Crippen LogP contribution in [0, 0.1) is 12.8 Å². The fourth-order valence-corrected chi connectivity index (χ4v) is 9.59. The highest BCUT2D eigenvalue weighted by molar-refractivity contribution is 8.00. The molecule has 0 aliphatic rings. The van der Waals surface area contributed by atoms with Gasteiger partial charge in [-0.2, -0.15) is 47.0 Å². The zero-order valence-electron chi connectivity index (χ0n) is 42.6. The Labute approximate surface area is 411 Å². The first-order valence-electron chi connectivity index (χ1n) is 23.6. The predicted molar refractivity (Wildman–Crippen MR) is 300 cm³/mol. The average Bonchev–Trinajstić information content (AvgIpc) is 3.25.